The number of carbonyl (C=O) groups is 1. The molecule has 15 heteroatoms. The number of carbonyl (C=O) groups excluding carboxylic acids is 1. The molecule has 15 nitrogen and oxygen atoms in total. The van der Waals surface area contributed by atoms with E-state index in [9.17, 15) is 4.79 Å². The maximum atomic E-state index is 12.6. The number of nitrogens with one attached hydrogen (secondary N) is 2. The molecule has 2 N–H and O–H groups in total. The first-order valence-corrected chi connectivity index (χ1v) is 12.5. The van der Waals surface area contributed by atoms with Gasteiger partial charge < -0.3 is 19.3 Å². The van der Waals surface area contributed by atoms with Crippen molar-refractivity contribution in [3.63, 3.8) is 0 Å². The van der Waals surface area contributed by atoms with E-state index in [2.05, 4.69) is 46.2 Å². The number of amides is 1. The van der Waals surface area contributed by atoms with Gasteiger partial charge in [-0.25, -0.2) is 25.5 Å². The molecular formula is C23H28N12O3. The summed E-state index contributed by atoms with van der Waals surface area (Å²) in [7, 11) is 0. The molecule has 0 spiro atoms. The number of rotatable bonds is 7. The summed E-state index contributed by atoms with van der Waals surface area (Å²) in [6, 6.07) is 3.85. The molecule has 3 aromatic rings. The highest BCUT2D eigenvalue weighted by molar-refractivity contribution is 5.93. The van der Waals surface area contributed by atoms with E-state index in [1.165, 1.54) is 0 Å². The number of pyridine rings is 1. The normalized spacial score (nSPS) is 18.1. The highest BCUT2D eigenvalue weighted by atomic mass is 16.5. The lowest BCUT2D eigenvalue weighted by atomic mass is 10.1. The van der Waals surface area contributed by atoms with Crippen molar-refractivity contribution in [3.8, 4) is 5.75 Å². The maximum absolute atomic E-state index is 12.6. The Morgan fingerprint density at radius 1 is 1.03 bits per heavy atom. The quantitative estimate of drug-likeness (QED) is 0.436. The SMILES string of the molecule is O=C(c1cnc(N2CCC(n3ncc(COc4ccc(N5C=NNN5)nc4)n3)CC2)nc1)N1CCOCC1. The van der Waals surface area contributed by atoms with Crippen molar-refractivity contribution in [1.29, 1.82) is 0 Å². The van der Waals surface area contributed by atoms with Gasteiger partial charge in [-0.2, -0.15) is 20.1 Å². The summed E-state index contributed by atoms with van der Waals surface area (Å²) in [5.74, 6) is 1.90. The Labute approximate surface area is 218 Å². The van der Waals surface area contributed by atoms with Crippen LogP contribution in [0.15, 0.2) is 42.0 Å². The van der Waals surface area contributed by atoms with Crippen LogP contribution in [0.1, 0.15) is 34.9 Å². The fourth-order valence-electron chi connectivity index (χ4n) is 4.46. The molecule has 0 radical (unpaired) electrons. The lowest BCUT2D eigenvalue weighted by Crippen LogP contribution is -2.41. The van der Waals surface area contributed by atoms with Crippen molar-refractivity contribution in [2.24, 2.45) is 5.10 Å². The van der Waals surface area contributed by atoms with E-state index in [-0.39, 0.29) is 11.9 Å². The molecule has 3 aromatic heterocycles. The molecule has 6 heterocycles. The lowest BCUT2D eigenvalue weighted by Gasteiger charge is -2.31. The maximum Gasteiger partial charge on any atom is 0.257 e. The first-order chi connectivity index (χ1) is 18.7. The van der Waals surface area contributed by atoms with Crippen molar-refractivity contribution in [2.45, 2.75) is 25.5 Å². The van der Waals surface area contributed by atoms with Crippen LogP contribution < -0.4 is 25.7 Å². The summed E-state index contributed by atoms with van der Waals surface area (Å²) in [4.78, 5) is 31.6. The highest BCUT2D eigenvalue weighted by Crippen LogP contribution is 2.24. The van der Waals surface area contributed by atoms with E-state index < -0.39 is 0 Å². The second-order valence-corrected chi connectivity index (χ2v) is 9.03. The van der Waals surface area contributed by atoms with E-state index in [1.807, 2.05) is 12.1 Å². The molecule has 6 rings (SSSR count). The molecule has 1 amide bonds. The topological polar surface area (TPSA) is 151 Å². The van der Waals surface area contributed by atoms with Gasteiger partial charge in [0.2, 0.25) is 5.95 Å². The minimum atomic E-state index is -0.0525. The van der Waals surface area contributed by atoms with Gasteiger partial charge in [-0.1, -0.05) is 0 Å². The zero-order chi connectivity index (χ0) is 25.7. The minimum absolute atomic E-state index is 0.0525. The Morgan fingerprint density at radius 3 is 2.55 bits per heavy atom. The number of piperidine rings is 1. The van der Waals surface area contributed by atoms with Crippen molar-refractivity contribution >= 4 is 24.0 Å². The van der Waals surface area contributed by atoms with Crippen LogP contribution in [-0.4, -0.2) is 86.5 Å². The van der Waals surface area contributed by atoms with E-state index in [0.29, 0.717) is 56.0 Å². The van der Waals surface area contributed by atoms with Gasteiger partial charge in [0.25, 0.3) is 5.91 Å². The molecular weight excluding hydrogens is 492 g/mol. The van der Waals surface area contributed by atoms with Gasteiger partial charge in [-0.15, -0.1) is 5.53 Å². The number of hydrazone groups is 1. The van der Waals surface area contributed by atoms with Crippen LogP contribution in [0, 0.1) is 0 Å². The molecule has 198 valence electrons. The third kappa shape index (κ3) is 5.33. The average Bonchev–Trinajstić information content (AvgIpc) is 3.70. The van der Waals surface area contributed by atoms with Gasteiger partial charge in [-0.05, 0) is 25.0 Å². The first-order valence-electron chi connectivity index (χ1n) is 12.5. The van der Waals surface area contributed by atoms with Crippen LogP contribution in [0.4, 0.5) is 11.8 Å². The van der Waals surface area contributed by atoms with Crippen LogP contribution in [0.2, 0.25) is 0 Å². The smallest absolute Gasteiger partial charge is 0.257 e. The summed E-state index contributed by atoms with van der Waals surface area (Å²) < 4.78 is 11.1. The van der Waals surface area contributed by atoms with Crippen LogP contribution in [0.25, 0.3) is 0 Å². The summed E-state index contributed by atoms with van der Waals surface area (Å²) in [6.07, 6.45) is 9.93. The number of ether oxygens (including phenoxy) is 2. The van der Waals surface area contributed by atoms with Crippen LogP contribution in [0.5, 0.6) is 5.75 Å². The van der Waals surface area contributed by atoms with Crippen molar-refractivity contribution in [3.05, 3.63) is 48.2 Å². The lowest BCUT2D eigenvalue weighted by molar-refractivity contribution is 0.0302. The standard InChI is InChI=1S/C23H28N12O3/c36-22(32-7-9-37-10-8-32)17-11-25-23(26-12-17)33-5-3-19(4-6-33)35-28-13-18(29-35)15-38-20-1-2-21(24-14-20)34-16-27-30-31-34/h1-2,11-14,16,19,30-31H,3-10,15H2. The predicted octanol–water partition coefficient (Wildman–Crippen LogP) is 0.129. The summed E-state index contributed by atoms with van der Waals surface area (Å²) in [6.45, 7) is 4.18. The molecule has 0 aliphatic carbocycles. The fourth-order valence-corrected chi connectivity index (χ4v) is 4.46. The second-order valence-electron chi connectivity index (χ2n) is 9.03. The second kappa shape index (κ2) is 10.9. The van der Waals surface area contributed by atoms with Gasteiger partial charge in [0, 0.05) is 38.6 Å². The summed E-state index contributed by atoms with van der Waals surface area (Å²) >= 11 is 0. The van der Waals surface area contributed by atoms with Gasteiger partial charge in [0.05, 0.1) is 37.2 Å². The van der Waals surface area contributed by atoms with Crippen LogP contribution in [-0.2, 0) is 11.3 Å². The first kappa shape index (κ1) is 24.0. The highest BCUT2D eigenvalue weighted by Gasteiger charge is 2.25. The van der Waals surface area contributed by atoms with Crippen molar-refractivity contribution in [2.75, 3.05) is 49.3 Å². The molecule has 0 aromatic carbocycles. The van der Waals surface area contributed by atoms with E-state index in [4.69, 9.17) is 9.47 Å². The number of anilines is 2. The fraction of sp³-hybridized carbons (Fsp3) is 0.435. The molecule has 3 aliphatic rings. The monoisotopic (exact) mass is 520 g/mol. The zero-order valence-corrected chi connectivity index (χ0v) is 20.7. The summed E-state index contributed by atoms with van der Waals surface area (Å²) in [5.41, 5.74) is 6.69. The van der Waals surface area contributed by atoms with E-state index in [1.54, 1.807) is 45.8 Å². The van der Waals surface area contributed by atoms with Gasteiger partial charge in [0.1, 0.15) is 30.2 Å². The van der Waals surface area contributed by atoms with E-state index in [0.717, 1.165) is 31.6 Å². The Bertz CT molecular complexity index is 1250. The number of hydrogen-bond acceptors (Lipinski definition) is 13. The Kier molecular flexibility index (Phi) is 6.91. The molecule has 0 unspecified atom stereocenters. The van der Waals surface area contributed by atoms with Crippen LogP contribution in [0.3, 0.4) is 0 Å². The molecule has 2 saturated heterocycles. The number of nitrogens with zero attached hydrogens (tertiary/aromatic N) is 10. The third-order valence-corrected chi connectivity index (χ3v) is 6.58. The molecule has 38 heavy (non-hydrogen) atoms. The Hall–Kier alpha value is -4.37. The van der Waals surface area contributed by atoms with Gasteiger partial charge in [0.15, 0.2) is 0 Å². The van der Waals surface area contributed by atoms with Gasteiger partial charge in [-0.3, -0.25) is 4.79 Å². The Balaban J connectivity index is 0.981. The minimum Gasteiger partial charge on any atom is -0.486 e. The average molecular weight is 521 g/mol. The van der Waals surface area contributed by atoms with Crippen molar-refractivity contribution in [1.82, 2.24) is 45.9 Å². The molecule has 0 bridgehead atoms. The number of aromatic nitrogens is 6. The van der Waals surface area contributed by atoms with Gasteiger partial charge >= 0.3 is 0 Å². The van der Waals surface area contributed by atoms with Crippen LogP contribution >= 0.6 is 0 Å². The third-order valence-electron chi connectivity index (χ3n) is 6.58. The number of hydrogen-bond donors (Lipinski definition) is 2. The van der Waals surface area contributed by atoms with Crippen molar-refractivity contribution < 1.29 is 14.3 Å². The zero-order valence-electron chi connectivity index (χ0n) is 20.7. The molecule has 0 saturated carbocycles. The summed E-state index contributed by atoms with van der Waals surface area (Å²) in [5, 5.41) is 14.6. The molecule has 2 fully saturated rings. The number of hydrazine groups is 2. The number of morpholine rings is 1. The molecule has 3 aliphatic heterocycles. The largest absolute Gasteiger partial charge is 0.486 e. The predicted molar refractivity (Wildman–Crippen MR) is 135 cm³/mol. The Morgan fingerprint density at radius 2 is 1.84 bits per heavy atom. The molecule has 0 atom stereocenters. The van der Waals surface area contributed by atoms with E-state index >= 15 is 0 Å².